The van der Waals surface area contributed by atoms with Crippen LogP contribution in [0.2, 0.25) is 0 Å². The van der Waals surface area contributed by atoms with E-state index in [4.69, 9.17) is 9.47 Å². The van der Waals surface area contributed by atoms with Gasteiger partial charge in [0.05, 0.1) is 19.4 Å². The Bertz CT molecular complexity index is 223. The van der Waals surface area contributed by atoms with Crippen molar-refractivity contribution in [1.29, 1.82) is 0 Å². The zero-order valence-corrected chi connectivity index (χ0v) is 9.87. The molecule has 0 saturated carbocycles. The van der Waals surface area contributed by atoms with Crippen molar-refractivity contribution in [3.63, 3.8) is 0 Å². The number of ether oxygens (including phenoxy) is 2. The van der Waals surface area contributed by atoms with E-state index in [9.17, 15) is 9.59 Å². The van der Waals surface area contributed by atoms with Gasteiger partial charge in [0.1, 0.15) is 6.61 Å². The van der Waals surface area contributed by atoms with Gasteiger partial charge in [0, 0.05) is 0 Å². The van der Waals surface area contributed by atoms with Crippen molar-refractivity contribution in [3.8, 4) is 0 Å². The molecule has 0 aliphatic rings. The first-order valence-electron chi connectivity index (χ1n) is 5.62. The van der Waals surface area contributed by atoms with Crippen LogP contribution in [0.4, 0.5) is 0 Å². The second kappa shape index (κ2) is 10.2. The van der Waals surface area contributed by atoms with Crippen molar-refractivity contribution in [2.45, 2.75) is 39.0 Å². The number of carbonyl (C=O) groups is 2. The molecule has 0 bridgehead atoms. The molecular formula is C12H20O4. The number of hydrogen-bond acceptors (Lipinski definition) is 4. The zero-order chi connectivity index (χ0) is 12.2. The van der Waals surface area contributed by atoms with Crippen LogP contribution in [0, 0.1) is 0 Å². The Morgan fingerprint density at radius 1 is 1.12 bits per heavy atom. The van der Waals surface area contributed by atoms with Gasteiger partial charge < -0.3 is 9.47 Å². The molecule has 0 aromatic carbocycles. The predicted octanol–water partition coefficient (Wildman–Crippen LogP) is 2.23. The van der Waals surface area contributed by atoms with E-state index in [-0.39, 0.29) is 25.4 Å². The van der Waals surface area contributed by atoms with E-state index in [1.54, 1.807) is 0 Å². The van der Waals surface area contributed by atoms with E-state index in [2.05, 4.69) is 13.5 Å². The molecule has 0 radical (unpaired) electrons. The molecule has 4 nitrogen and oxygen atoms in total. The second-order valence-corrected chi connectivity index (χ2v) is 3.40. The topological polar surface area (TPSA) is 52.6 Å². The van der Waals surface area contributed by atoms with Gasteiger partial charge in [-0.2, -0.15) is 0 Å². The summed E-state index contributed by atoms with van der Waals surface area (Å²) in [7, 11) is 0. The number of carbonyl (C=O) groups excluding carboxylic acids is 2. The summed E-state index contributed by atoms with van der Waals surface area (Å²) in [5.74, 6) is -0.739. The fraction of sp³-hybridized carbons (Fsp3) is 0.667. The summed E-state index contributed by atoms with van der Waals surface area (Å²) < 4.78 is 9.65. The summed E-state index contributed by atoms with van der Waals surface area (Å²) in [5, 5.41) is 0. The second-order valence-electron chi connectivity index (χ2n) is 3.40. The maximum absolute atomic E-state index is 11.1. The fourth-order valence-corrected chi connectivity index (χ4v) is 1.04. The van der Waals surface area contributed by atoms with Crippen LogP contribution in [0.15, 0.2) is 12.7 Å². The van der Waals surface area contributed by atoms with Gasteiger partial charge in [0.25, 0.3) is 0 Å². The van der Waals surface area contributed by atoms with Crippen LogP contribution in [0.1, 0.15) is 39.0 Å². The van der Waals surface area contributed by atoms with Crippen LogP contribution in [0.3, 0.4) is 0 Å². The summed E-state index contributed by atoms with van der Waals surface area (Å²) in [6, 6.07) is 0. The Balaban J connectivity index is 3.42. The third kappa shape index (κ3) is 9.24. The first-order chi connectivity index (χ1) is 7.70. The molecule has 0 aliphatic heterocycles. The summed E-state index contributed by atoms with van der Waals surface area (Å²) in [6.45, 7) is 6.12. The van der Waals surface area contributed by atoms with Crippen LogP contribution in [-0.4, -0.2) is 25.2 Å². The quantitative estimate of drug-likeness (QED) is 0.345. The lowest BCUT2D eigenvalue weighted by Gasteiger charge is -2.04. The van der Waals surface area contributed by atoms with E-state index >= 15 is 0 Å². The highest BCUT2D eigenvalue weighted by atomic mass is 16.5. The molecule has 0 amide bonds. The van der Waals surface area contributed by atoms with Gasteiger partial charge >= 0.3 is 11.9 Å². The van der Waals surface area contributed by atoms with Crippen molar-refractivity contribution in [2.24, 2.45) is 0 Å². The van der Waals surface area contributed by atoms with Crippen LogP contribution in [0.25, 0.3) is 0 Å². The van der Waals surface area contributed by atoms with Crippen molar-refractivity contribution in [1.82, 2.24) is 0 Å². The van der Waals surface area contributed by atoms with Crippen LogP contribution < -0.4 is 0 Å². The van der Waals surface area contributed by atoms with Crippen LogP contribution in [-0.2, 0) is 19.1 Å². The van der Waals surface area contributed by atoms with Crippen molar-refractivity contribution in [2.75, 3.05) is 13.2 Å². The van der Waals surface area contributed by atoms with Gasteiger partial charge in [-0.3, -0.25) is 9.59 Å². The van der Waals surface area contributed by atoms with Gasteiger partial charge in [-0.25, -0.2) is 0 Å². The molecule has 16 heavy (non-hydrogen) atoms. The highest BCUT2D eigenvalue weighted by Gasteiger charge is 2.08. The lowest BCUT2D eigenvalue weighted by molar-refractivity contribution is -0.149. The highest BCUT2D eigenvalue weighted by molar-refractivity contribution is 5.77. The minimum Gasteiger partial charge on any atom is -0.466 e. The Morgan fingerprint density at radius 3 is 2.31 bits per heavy atom. The summed E-state index contributed by atoms with van der Waals surface area (Å²) >= 11 is 0. The van der Waals surface area contributed by atoms with E-state index in [0.717, 1.165) is 19.3 Å². The molecule has 0 heterocycles. The van der Waals surface area contributed by atoms with Crippen LogP contribution >= 0.6 is 0 Å². The van der Waals surface area contributed by atoms with E-state index in [1.165, 1.54) is 6.08 Å². The fourth-order valence-electron chi connectivity index (χ4n) is 1.04. The molecule has 0 spiro atoms. The number of rotatable bonds is 9. The lowest BCUT2D eigenvalue weighted by Crippen LogP contribution is -2.10. The van der Waals surface area contributed by atoms with Gasteiger partial charge in [-0.05, 0) is 6.42 Å². The van der Waals surface area contributed by atoms with E-state index < -0.39 is 5.97 Å². The molecule has 0 fully saturated rings. The first-order valence-corrected chi connectivity index (χ1v) is 5.62. The number of unbranched alkanes of at least 4 members (excludes halogenated alkanes) is 2. The molecule has 0 unspecified atom stereocenters. The average molecular weight is 228 g/mol. The molecule has 4 heteroatoms. The third-order valence-electron chi connectivity index (χ3n) is 1.91. The smallest absolute Gasteiger partial charge is 0.306 e. The Morgan fingerprint density at radius 2 is 1.75 bits per heavy atom. The molecular weight excluding hydrogens is 208 g/mol. The minimum atomic E-state index is -0.398. The molecule has 0 rings (SSSR count). The maximum Gasteiger partial charge on any atom is 0.306 e. The predicted molar refractivity (Wildman–Crippen MR) is 60.9 cm³/mol. The molecule has 0 atom stereocenters. The first kappa shape index (κ1) is 14.7. The van der Waals surface area contributed by atoms with Crippen molar-refractivity contribution >= 4 is 11.9 Å². The maximum atomic E-state index is 11.1. The summed E-state index contributed by atoms with van der Waals surface area (Å²) in [5.41, 5.74) is 0. The van der Waals surface area contributed by atoms with Gasteiger partial charge in [0.2, 0.25) is 0 Å². The van der Waals surface area contributed by atoms with E-state index in [1.807, 2.05) is 0 Å². The molecule has 0 saturated heterocycles. The SMILES string of the molecule is C=CCOC(=O)CCC(=O)OCCCCC. The lowest BCUT2D eigenvalue weighted by atomic mass is 10.3. The van der Waals surface area contributed by atoms with Crippen molar-refractivity contribution < 1.29 is 19.1 Å². The molecule has 0 aromatic rings. The van der Waals surface area contributed by atoms with Crippen LogP contribution in [0.5, 0.6) is 0 Å². The van der Waals surface area contributed by atoms with Gasteiger partial charge in [0.15, 0.2) is 0 Å². The summed E-state index contributed by atoms with van der Waals surface area (Å²) in [6.07, 6.45) is 4.66. The Labute approximate surface area is 96.6 Å². The van der Waals surface area contributed by atoms with E-state index in [0.29, 0.717) is 6.61 Å². The Hall–Kier alpha value is -1.32. The monoisotopic (exact) mass is 228 g/mol. The Kier molecular flexibility index (Phi) is 9.36. The zero-order valence-electron chi connectivity index (χ0n) is 9.87. The van der Waals surface area contributed by atoms with Crippen molar-refractivity contribution in [3.05, 3.63) is 12.7 Å². The third-order valence-corrected chi connectivity index (χ3v) is 1.91. The normalized spacial score (nSPS) is 9.56. The standard InChI is InChI=1S/C12H20O4/c1-3-5-6-10-16-12(14)8-7-11(13)15-9-4-2/h4H,2-3,5-10H2,1H3. The molecule has 0 aromatic heterocycles. The highest BCUT2D eigenvalue weighted by Crippen LogP contribution is 1.99. The van der Waals surface area contributed by atoms with Gasteiger partial charge in [-0.1, -0.05) is 32.4 Å². The number of hydrogen-bond donors (Lipinski definition) is 0. The average Bonchev–Trinajstić information content (AvgIpc) is 2.29. The molecule has 0 N–H and O–H groups in total. The molecule has 0 aliphatic carbocycles. The number of esters is 2. The summed E-state index contributed by atoms with van der Waals surface area (Å²) in [4.78, 5) is 22.1. The molecule has 92 valence electrons. The minimum absolute atomic E-state index is 0.0699. The van der Waals surface area contributed by atoms with Gasteiger partial charge in [-0.15, -0.1) is 0 Å². The largest absolute Gasteiger partial charge is 0.466 e.